The normalized spacial score (nSPS) is 12.6. The third-order valence-electron chi connectivity index (χ3n) is 5.07. The van der Waals surface area contributed by atoms with E-state index in [9.17, 15) is 10.2 Å². The third-order valence-corrected chi connectivity index (χ3v) is 5.40. The number of halogens is 1. The first-order chi connectivity index (χ1) is 12.1. The molecule has 0 atom stereocenters. The molecule has 4 rings (SSSR count). The molecule has 0 aromatic heterocycles. The predicted octanol–water partition coefficient (Wildman–Crippen LogP) is 3.97. The van der Waals surface area contributed by atoms with E-state index in [4.69, 9.17) is 11.6 Å². The van der Waals surface area contributed by atoms with Gasteiger partial charge in [0.05, 0.1) is 18.8 Å². The Kier molecular flexibility index (Phi) is 4.05. The van der Waals surface area contributed by atoms with Crippen LogP contribution in [0.4, 0.5) is 0 Å². The Morgan fingerprint density at radius 3 is 2.40 bits per heavy atom. The van der Waals surface area contributed by atoms with Crippen LogP contribution in [0.5, 0.6) is 0 Å². The van der Waals surface area contributed by atoms with Gasteiger partial charge < -0.3 is 15.5 Å². The van der Waals surface area contributed by atoms with E-state index in [1.165, 1.54) is 27.6 Å². The number of hydrogen-bond acceptors (Lipinski definition) is 3. The van der Waals surface area contributed by atoms with E-state index in [1.54, 1.807) is 6.92 Å². The molecule has 0 bridgehead atoms. The maximum absolute atomic E-state index is 9.43. The van der Waals surface area contributed by atoms with Crippen molar-refractivity contribution in [2.45, 2.75) is 19.0 Å². The smallest absolute Gasteiger partial charge is 0.0633 e. The van der Waals surface area contributed by atoms with Crippen molar-refractivity contribution >= 4 is 22.4 Å². The number of hydrogen-bond donors (Lipinski definition) is 3. The van der Waals surface area contributed by atoms with Gasteiger partial charge in [-0.1, -0.05) is 48.0 Å². The number of fused-ring (bicyclic) bond motifs is 3. The molecule has 0 saturated heterocycles. The first-order valence-corrected chi connectivity index (χ1v) is 8.76. The van der Waals surface area contributed by atoms with Crippen molar-refractivity contribution in [3.05, 3.63) is 59.1 Å². The third kappa shape index (κ3) is 2.64. The van der Waals surface area contributed by atoms with Crippen LogP contribution in [0.2, 0.25) is 5.02 Å². The Morgan fingerprint density at radius 2 is 1.64 bits per heavy atom. The van der Waals surface area contributed by atoms with Crippen molar-refractivity contribution < 1.29 is 10.2 Å². The summed E-state index contributed by atoms with van der Waals surface area (Å²) in [6, 6.07) is 16.7. The van der Waals surface area contributed by atoms with Crippen LogP contribution in [-0.2, 0) is 6.54 Å². The molecule has 3 N–H and O–H groups in total. The van der Waals surface area contributed by atoms with Crippen molar-refractivity contribution in [1.29, 1.82) is 0 Å². The van der Waals surface area contributed by atoms with Crippen molar-refractivity contribution in [1.82, 2.24) is 5.32 Å². The van der Waals surface area contributed by atoms with Gasteiger partial charge in [0, 0.05) is 17.0 Å². The van der Waals surface area contributed by atoms with Crippen LogP contribution < -0.4 is 5.32 Å². The highest BCUT2D eigenvalue weighted by Crippen LogP contribution is 2.48. The van der Waals surface area contributed by atoms with E-state index in [1.807, 2.05) is 12.1 Å². The minimum Gasteiger partial charge on any atom is -0.394 e. The Hall–Kier alpha value is -1.91. The van der Waals surface area contributed by atoms with Gasteiger partial charge in [-0.25, -0.2) is 0 Å². The molecule has 0 radical (unpaired) electrons. The summed E-state index contributed by atoms with van der Waals surface area (Å²) in [5, 5.41) is 25.2. The summed E-state index contributed by atoms with van der Waals surface area (Å²) in [6.07, 6.45) is 0. The molecule has 0 spiro atoms. The van der Waals surface area contributed by atoms with Crippen molar-refractivity contribution in [2.75, 3.05) is 13.2 Å². The number of benzene rings is 3. The lowest BCUT2D eigenvalue weighted by Crippen LogP contribution is -2.48. The summed E-state index contributed by atoms with van der Waals surface area (Å²) >= 11 is 6.38. The molecule has 4 heteroatoms. The van der Waals surface area contributed by atoms with Crippen LogP contribution in [-0.4, -0.2) is 29.0 Å². The van der Waals surface area contributed by atoms with Crippen molar-refractivity contribution in [3.63, 3.8) is 0 Å². The summed E-state index contributed by atoms with van der Waals surface area (Å²) < 4.78 is 0. The zero-order chi connectivity index (χ0) is 17.6. The molecule has 0 fully saturated rings. The molecule has 3 aromatic rings. The van der Waals surface area contributed by atoms with Crippen molar-refractivity contribution in [3.8, 4) is 22.3 Å². The SMILES string of the molecule is CC(CO)(CO)NCc1ccc2c(c1)-c1ccc(Cl)c3cccc-2c13. The summed E-state index contributed by atoms with van der Waals surface area (Å²) in [7, 11) is 0. The molecule has 1 aliphatic rings. The first kappa shape index (κ1) is 16.6. The molecule has 0 saturated carbocycles. The Bertz CT molecular complexity index is 964. The molecule has 25 heavy (non-hydrogen) atoms. The van der Waals surface area contributed by atoms with E-state index in [0.717, 1.165) is 16.0 Å². The molecule has 0 aliphatic heterocycles. The lowest BCUT2D eigenvalue weighted by atomic mass is 10.00. The lowest BCUT2D eigenvalue weighted by Gasteiger charge is -2.26. The molecular formula is C21H20ClNO2. The Balaban J connectivity index is 1.75. The average Bonchev–Trinajstić information content (AvgIpc) is 2.97. The summed E-state index contributed by atoms with van der Waals surface area (Å²) in [4.78, 5) is 0. The molecule has 128 valence electrons. The van der Waals surface area contributed by atoms with Gasteiger partial charge >= 0.3 is 0 Å². The van der Waals surface area contributed by atoms with Crippen LogP contribution >= 0.6 is 11.6 Å². The van der Waals surface area contributed by atoms with E-state index in [2.05, 4.69) is 41.7 Å². The summed E-state index contributed by atoms with van der Waals surface area (Å²) in [5.74, 6) is 0. The summed E-state index contributed by atoms with van der Waals surface area (Å²) in [5.41, 5.74) is 5.28. The summed E-state index contributed by atoms with van der Waals surface area (Å²) in [6.45, 7) is 2.16. The number of rotatable bonds is 5. The molecule has 3 nitrogen and oxygen atoms in total. The zero-order valence-corrected chi connectivity index (χ0v) is 14.8. The molecule has 3 aromatic carbocycles. The minimum atomic E-state index is -0.685. The molecule has 1 aliphatic carbocycles. The van der Waals surface area contributed by atoms with Gasteiger partial charge in [0.15, 0.2) is 0 Å². The molecule has 0 unspecified atom stereocenters. The second kappa shape index (κ2) is 6.11. The maximum atomic E-state index is 9.43. The Morgan fingerprint density at radius 1 is 0.920 bits per heavy atom. The minimum absolute atomic E-state index is 0.113. The highest BCUT2D eigenvalue weighted by Gasteiger charge is 2.24. The van der Waals surface area contributed by atoms with Gasteiger partial charge in [-0.2, -0.15) is 0 Å². The quantitative estimate of drug-likeness (QED) is 0.509. The number of aliphatic hydroxyl groups is 2. The molecule has 0 heterocycles. The van der Waals surface area contributed by atoms with E-state index in [0.29, 0.717) is 6.54 Å². The van der Waals surface area contributed by atoms with Crippen LogP contribution in [0, 0.1) is 0 Å². The second-order valence-corrected chi connectivity index (χ2v) is 7.34. The highest BCUT2D eigenvalue weighted by molar-refractivity contribution is 6.37. The highest BCUT2D eigenvalue weighted by atomic mass is 35.5. The lowest BCUT2D eigenvalue weighted by molar-refractivity contribution is 0.103. The van der Waals surface area contributed by atoms with Gasteiger partial charge in [0.25, 0.3) is 0 Å². The number of aliphatic hydroxyl groups excluding tert-OH is 2. The second-order valence-electron chi connectivity index (χ2n) is 6.93. The maximum Gasteiger partial charge on any atom is 0.0633 e. The number of nitrogens with one attached hydrogen (secondary N) is 1. The Labute approximate surface area is 151 Å². The zero-order valence-electron chi connectivity index (χ0n) is 14.0. The van der Waals surface area contributed by atoms with Gasteiger partial charge in [0.2, 0.25) is 0 Å². The van der Waals surface area contributed by atoms with Gasteiger partial charge in [-0.3, -0.25) is 0 Å². The van der Waals surface area contributed by atoms with Crippen LogP contribution in [0.25, 0.3) is 33.0 Å². The fraction of sp³-hybridized carbons (Fsp3) is 0.238. The van der Waals surface area contributed by atoms with Gasteiger partial charge in [0.1, 0.15) is 0 Å². The van der Waals surface area contributed by atoms with Crippen LogP contribution in [0.1, 0.15) is 12.5 Å². The van der Waals surface area contributed by atoms with Gasteiger partial charge in [-0.05, 0) is 52.3 Å². The fourth-order valence-electron chi connectivity index (χ4n) is 3.46. The topological polar surface area (TPSA) is 52.5 Å². The van der Waals surface area contributed by atoms with Crippen LogP contribution in [0.3, 0.4) is 0 Å². The van der Waals surface area contributed by atoms with E-state index in [-0.39, 0.29) is 13.2 Å². The molecule has 0 amide bonds. The largest absolute Gasteiger partial charge is 0.394 e. The van der Waals surface area contributed by atoms with Gasteiger partial charge in [-0.15, -0.1) is 0 Å². The predicted molar refractivity (Wildman–Crippen MR) is 103 cm³/mol. The standard InChI is InChI=1S/C21H20ClNO2/c1-21(11-24,12-25)23-10-13-5-6-14-15-3-2-4-17-19(22)8-7-16(20(15)17)18(14)9-13/h2-9,23-25H,10-12H2,1H3. The average molecular weight is 354 g/mol. The fourth-order valence-corrected chi connectivity index (χ4v) is 3.68. The van der Waals surface area contributed by atoms with Crippen LogP contribution in [0.15, 0.2) is 48.5 Å². The van der Waals surface area contributed by atoms with E-state index >= 15 is 0 Å². The molecular weight excluding hydrogens is 334 g/mol. The first-order valence-electron chi connectivity index (χ1n) is 8.38. The monoisotopic (exact) mass is 353 g/mol. The van der Waals surface area contributed by atoms with Crippen molar-refractivity contribution in [2.24, 2.45) is 0 Å². The van der Waals surface area contributed by atoms with E-state index < -0.39 is 5.54 Å².